The molecular formula is C3H10ClN3O. The molecule has 0 unspecified atom stereocenters. The lowest BCUT2D eigenvalue weighted by molar-refractivity contribution is 0.221. The molecule has 0 aliphatic heterocycles. The van der Waals surface area contributed by atoms with E-state index >= 15 is 0 Å². The van der Waals surface area contributed by atoms with Crippen LogP contribution in [0.3, 0.4) is 0 Å². The number of hydrogen-bond acceptors (Lipinski definition) is 2. The Labute approximate surface area is 54.4 Å². The molecule has 0 radical (unpaired) electrons. The van der Waals surface area contributed by atoms with Crippen LogP contribution in [0.5, 0.6) is 0 Å². The van der Waals surface area contributed by atoms with E-state index in [1.54, 1.807) is 14.1 Å². The summed E-state index contributed by atoms with van der Waals surface area (Å²) in [6, 6.07) is -0.537. The second-order valence-corrected chi connectivity index (χ2v) is 1.37. The van der Waals surface area contributed by atoms with Gasteiger partial charge in [0.05, 0.1) is 0 Å². The van der Waals surface area contributed by atoms with Gasteiger partial charge in [0, 0.05) is 14.1 Å². The smallest absolute Gasteiger partial charge is 0.326 e. The molecular weight excluding hydrogens is 130 g/mol. The van der Waals surface area contributed by atoms with Gasteiger partial charge in [-0.15, -0.1) is 12.4 Å². The van der Waals surface area contributed by atoms with E-state index in [2.05, 4.69) is 5.43 Å². The van der Waals surface area contributed by atoms with Crippen molar-refractivity contribution in [3.63, 3.8) is 0 Å². The second-order valence-electron chi connectivity index (χ2n) is 1.37. The number of urea groups is 1. The number of amides is 2. The van der Waals surface area contributed by atoms with Crippen LogP contribution in [0.25, 0.3) is 0 Å². The monoisotopic (exact) mass is 139 g/mol. The lowest BCUT2D eigenvalue weighted by Crippen LogP contribution is -2.39. The molecule has 0 saturated carbocycles. The number of nitrogens with two attached hydrogens (primary N) is 1. The van der Waals surface area contributed by atoms with Crippen LogP contribution >= 0.6 is 12.4 Å². The average molecular weight is 140 g/mol. The highest BCUT2D eigenvalue weighted by Gasteiger charge is 1.87. The Hall–Kier alpha value is -0.480. The molecule has 0 aromatic carbocycles. The Morgan fingerprint density at radius 2 is 2.00 bits per heavy atom. The first-order chi connectivity index (χ1) is 3.13. The van der Waals surface area contributed by atoms with Gasteiger partial charge in [-0.3, -0.25) is 5.43 Å². The number of nitrogens with zero attached hydrogens (tertiary/aromatic N) is 1. The van der Waals surface area contributed by atoms with Gasteiger partial charge in [0.15, 0.2) is 0 Å². The predicted molar refractivity (Wildman–Crippen MR) is 33.7 cm³/mol. The first kappa shape index (κ1) is 10.5. The van der Waals surface area contributed by atoms with Crippen molar-refractivity contribution in [2.75, 3.05) is 14.1 Å². The minimum atomic E-state index is -0.537. The van der Waals surface area contributed by atoms with Crippen LogP contribution in [0, 0.1) is 0 Å². The SMILES string of the molecule is CN(C)NC(N)=O.Cl. The van der Waals surface area contributed by atoms with Crippen molar-refractivity contribution in [2.45, 2.75) is 0 Å². The maximum absolute atomic E-state index is 9.88. The van der Waals surface area contributed by atoms with Crippen LogP contribution in [0.1, 0.15) is 0 Å². The number of rotatable bonds is 1. The largest absolute Gasteiger partial charge is 0.351 e. The summed E-state index contributed by atoms with van der Waals surface area (Å²) in [4.78, 5) is 9.88. The van der Waals surface area contributed by atoms with E-state index in [0.717, 1.165) is 0 Å². The molecule has 4 nitrogen and oxygen atoms in total. The zero-order valence-electron chi connectivity index (χ0n) is 4.84. The highest BCUT2D eigenvalue weighted by Crippen LogP contribution is 1.58. The topological polar surface area (TPSA) is 58.4 Å². The number of nitrogens with one attached hydrogen (secondary N) is 1. The fourth-order valence-corrected chi connectivity index (χ4v) is 0.220. The van der Waals surface area contributed by atoms with Crippen LogP contribution in [-0.4, -0.2) is 25.1 Å². The Kier molecular flexibility index (Phi) is 6.13. The fourth-order valence-electron chi connectivity index (χ4n) is 0.220. The Bertz CT molecular complexity index is 74.9. The van der Waals surface area contributed by atoms with Crippen molar-refractivity contribution in [3.05, 3.63) is 0 Å². The Morgan fingerprint density at radius 1 is 1.62 bits per heavy atom. The summed E-state index contributed by atoms with van der Waals surface area (Å²) in [7, 11) is 3.37. The molecule has 0 aromatic rings. The van der Waals surface area contributed by atoms with Crippen molar-refractivity contribution in [1.29, 1.82) is 0 Å². The third-order valence-corrected chi connectivity index (χ3v) is 0.334. The highest BCUT2D eigenvalue weighted by molar-refractivity contribution is 5.85. The molecule has 0 fully saturated rings. The first-order valence-electron chi connectivity index (χ1n) is 1.86. The molecule has 0 saturated heterocycles. The summed E-state index contributed by atoms with van der Waals surface area (Å²) >= 11 is 0. The second kappa shape index (κ2) is 4.67. The molecule has 3 N–H and O–H groups in total. The molecule has 0 bridgehead atoms. The molecule has 5 heteroatoms. The van der Waals surface area contributed by atoms with Crippen molar-refractivity contribution in [2.24, 2.45) is 5.73 Å². The number of primary amides is 1. The van der Waals surface area contributed by atoms with E-state index in [9.17, 15) is 4.79 Å². The molecule has 0 atom stereocenters. The average Bonchev–Trinajstić information content (AvgIpc) is 1.27. The van der Waals surface area contributed by atoms with Gasteiger partial charge >= 0.3 is 6.03 Å². The van der Waals surface area contributed by atoms with Crippen LogP contribution in [0.4, 0.5) is 4.79 Å². The summed E-state index contributed by atoms with van der Waals surface area (Å²) in [5, 5.41) is 1.47. The van der Waals surface area contributed by atoms with Gasteiger partial charge in [0.1, 0.15) is 0 Å². The van der Waals surface area contributed by atoms with E-state index in [4.69, 9.17) is 5.73 Å². The van der Waals surface area contributed by atoms with E-state index in [1.165, 1.54) is 5.01 Å². The third-order valence-electron chi connectivity index (χ3n) is 0.334. The summed E-state index contributed by atoms with van der Waals surface area (Å²) in [6.07, 6.45) is 0. The van der Waals surface area contributed by atoms with E-state index in [0.29, 0.717) is 0 Å². The van der Waals surface area contributed by atoms with E-state index in [1.807, 2.05) is 0 Å². The minimum Gasteiger partial charge on any atom is -0.351 e. The summed E-state index contributed by atoms with van der Waals surface area (Å²) in [5.41, 5.74) is 6.98. The molecule has 0 heterocycles. The van der Waals surface area contributed by atoms with Crippen molar-refractivity contribution < 1.29 is 4.79 Å². The Morgan fingerprint density at radius 3 is 2.00 bits per heavy atom. The molecule has 8 heavy (non-hydrogen) atoms. The molecule has 0 aromatic heterocycles. The van der Waals surface area contributed by atoms with Crippen LogP contribution in [0.15, 0.2) is 0 Å². The molecule has 0 rings (SSSR count). The Balaban J connectivity index is 0. The molecule has 0 spiro atoms. The molecule has 50 valence electrons. The lowest BCUT2D eigenvalue weighted by atomic mass is 11.0. The van der Waals surface area contributed by atoms with E-state index in [-0.39, 0.29) is 12.4 Å². The number of halogens is 1. The maximum Gasteiger partial charge on any atom is 0.326 e. The normalized spacial score (nSPS) is 7.88. The van der Waals surface area contributed by atoms with Gasteiger partial charge in [-0.2, -0.15) is 0 Å². The van der Waals surface area contributed by atoms with Crippen LogP contribution < -0.4 is 11.2 Å². The number of carbonyl (C=O) groups is 1. The molecule has 2 amide bonds. The standard InChI is InChI=1S/C3H9N3O.ClH/c1-6(2)5-3(4)7;/h1-2H3,(H3,4,5,7);1H. The van der Waals surface area contributed by atoms with Crippen molar-refractivity contribution in [1.82, 2.24) is 10.4 Å². The quantitative estimate of drug-likeness (QED) is 0.484. The summed E-state index contributed by atoms with van der Waals surface area (Å²) in [5.74, 6) is 0. The third kappa shape index (κ3) is 9.10. The number of hydrazine groups is 1. The number of hydrogen-bond donors (Lipinski definition) is 2. The van der Waals surface area contributed by atoms with Gasteiger partial charge in [-0.25, -0.2) is 9.80 Å². The zero-order chi connectivity index (χ0) is 5.86. The molecule has 0 aliphatic carbocycles. The van der Waals surface area contributed by atoms with Gasteiger partial charge in [0.25, 0.3) is 0 Å². The summed E-state index contributed by atoms with van der Waals surface area (Å²) < 4.78 is 0. The number of carbonyl (C=O) groups excluding carboxylic acids is 1. The van der Waals surface area contributed by atoms with E-state index < -0.39 is 6.03 Å². The lowest BCUT2D eigenvalue weighted by Gasteiger charge is -2.06. The fraction of sp³-hybridized carbons (Fsp3) is 0.667. The zero-order valence-corrected chi connectivity index (χ0v) is 5.66. The first-order valence-corrected chi connectivity index (χ1v) is 1.86. The van der Waals surface area contributed by atoms with Gasteiger partial charge in [-0.05, 0) is 0 Å². The van der Waals surface area contributed by atoms with Crippen molar-refractivity contribution in [3.8, 4) is 0 Å². The van der Waals surface area contributed by atoms with Crippen LogP contribution in [0.2, 0.25) is 0 Å². The summed E-state index contributed by atoms with van der Waals surface area (Å²) in [6.45, 7) is 0. The minimum absolute atomic E-state index is 0. The van der Waals surface area contributed by atoms with Gasteiger partial charge in [0.2, 0.25) is 0 Å². The highest BCUT2D eigenvalue weighted by atomic mass is 35.5. The van der Waals surface area contributed by atoms with Crippen LogP contribution in [-0.2, 0) is 0 Å². The predicted octanol–water partition coefficient (Wildman–Crippen LogP) is -0.447. The van der Waals surface area contributed by atoms with Gasteiger partial charge in [-0.1, -0.05) is 0 Å². The molecule has 0 aliphatic rings. The van der Waals surface area contributed by atoms with Crippen molar-refractivity contribution >= 4 is 18.4 Å². The van der Waals surface area contributed by atoms with Gasteiger partial charge < -0.3 is 5.73 Å². The maximum atomic E-state index is 9.88.